The Bertz CT molecular complexity index is 1790. The smallest absolute Gasteiger partial charge is 0.369 e. The summed E-state index contributed by atoms with van der Waals surface area (Å²) in [5.41, 5.74) is 5.51. The maximum atomic E-state index is 12.4. The lowest BCUT2D eigenvalue weighted by Crippen LogP contribution is -2.36. The maximum absolute atomic E-state index is 12.4. The van der Waals surface area contributed by atoms with E-state index in [0.29, 0.717) is 6.42 Å². The second kappa shape index (κ2) is 13.6. The number of rotatable bonds is 13. The van der Waals surface area contributed by atoms with Crippen LogP contribution in [0.4, 0.5) is 19.1 Å². The fourth-order valence-electron chi connectivity index (χ4n) is 4.08. The van der Waals surface area contributed by atoms with E-state index >= 15 is 0 Å². The minimum absolute atomic E-state index is 0.00484. The average Bonchev–Trinajstić information content (AvgIpc) is 3.51. The number of nitrogens with zero attached hydrogens (tertiary/aromatic N) is 3. The van der Waals surface area contributed by atoms with Gasteiger partial charge in [0.2, 0.25) is 5.95 Å². The quantitative estimate of drug-likeness (QED) is 0.138. The molecule has 0 aliphatic carbocycles. The van der Waals surface area contributed by atoms with Crippen LogP contribution >= 0.6 is 23.5 Å². The molecule has 0 radical (unpaired) electrons. The van der Waals surface area contributed by atoms with Crippen LogP contribution in [0.15, 0.2) is 35.4 Å². The number of anilines is 1. The number of imidazole rings is 1. The van der Waals surface area contributed by atoms with Crippen LogP contribution in [0.5, 0.6) is 0 Å². The van der Waals surface area contributed by atoms with Crippen LogP contribution in [0, 0.1) is 5.92 Å². The van der Waals surface area contributed by atoms with Gasteiger partial charge in [0.15, 0.2) is 11.2 Å². The van der Waals surface area contributed by atoms with Crippen molar-refractivity contribution < 1.29 is 68.7 Å². The van der Waals surface area contributed by atoms with Gasteiger partial charge >= 0.3 is 35.6 Å². The van der Waals surface area contributed by atoms with Crippen molar-refractivity contribution in [3.63, 3.8) is 0 Å². The lowest BCUT2D eigenvalue weighted by Gasteiger charge is -2.20. The molecule has 25 heteroatoms. The molecule has 6 atom stereocenters. The number of amides is 1. The number of fused-ring (bicyclic) bond motifs is 1. The highest BCUT2D eigenvalue weighted by molar-refractivity contribution is 7.66. The van der Waals surface area contributed by atoms with E-state index in [-0.39, 0.29) is 34.2 Å². The summed E-state index contributed by atoms with van der Waals surface area (Å²) in [6.07, 6.45) is -5.11. The van der Waals surface area contributed by atoms with Gasteiger partial charge in [-0.15, -0.1) is 0 Å². The third-order valence-electron chi connectivity index (χ3n) is 6.24. The molecule has 1 aromatic carbocycles. The topological polar surface area (TPSA) is 277 Å². The van der Waals surface area contributed by atoms with Gasteiger partial charge in [-0.2, -0.15) is 26.8 Å². The number of benzene rings is 1. The lowest BCUT2D eigenvalue weighted by atomic mass is 10.0. The second-order valence-electron chi connectivity index (χ2n) is 9.75. The van der Waals surface area contributed by atoms with Crippen LogP contribution in [0.25, 0.3) is 11.2 Å². The number of hydrogen-bond acceptors (Lipinski definition) is 13. The van der Waals surface area contributed by atoms with E-state index in [1.807, 2.05) is 0 Å². The van der Waals surface area contributed by atoms with E-state index in [1.54, 1.807) is 12.2 Å². The van der Waals surface area contributed by atoms with Gasteiger partial charge in [0.1, 0.15) is 6.23 Å². The molecule has 0 spiro atoms. The normalized spacial score (nSPS) is 22.6. The number of halogens is 3. The molecule has 1 aliphatic heterocycles. The first-order valence-electron chi connectivity index (χ1n) is 12.7. The Kier molecular flexibility index (Phi) is 10.6. The number of nitrogens with one attached hydrogen (secondary N) is 2. The number of ether oxygens (including phenoxy) is 1. The molecule has 3 heterocycles. The first-order valence-corrected chi connectivity index (χ1v) is 17.2. The molecule has 3 aromatic rings. The summed E-state index contributed by atoms with van der Waals surface area (Å²) < 4.78 is 98.3. The van der Waals surface area contributed by atoms with Gasteiger partial charge < -0.3 is 30.5 Å². The van der Waals surface area contributed by atoms with E-state index < -0.39 is 73.2 Å². The zero-order valence-corrected chi connectivity index (χ0v) is 25.9. The number of alkyl halides is 3. The van der Waals surface area contributed by atoms with E-state index in [9.17, 15) is 51.1 Å². The van der Waals surface area contributed by atoms with Crippen molar-refractivity contribution in [1.82, 2.24) is 24.8 Å². The van der Waals surface area contributed by atoms with Crippen molar-refractivity contribution in [3.8, 4) is 0 Å². The summed E-state index contributed by atoms with van der Waals surface area (Å²) >= 11 is 0. The highest BCUT2D eigenvalue weighted by Crippen LogP contribution is 2.68. The number of aromatic nitrogens is 4. The molecule has 1 saturated heterocycles. The van der Waals surface area contributed by atoms with Crippen LogP contribution in [-0.2, 0) is 54.0 Å². The Morgan fingerprint density at radius 1 is 1.11 bits per heavy atom. The number of nitrogens with two attached hydrogens (primary N) is 1. The molecule has 2 aromatic heterocycles. The van der Waals surface area contributed by atoms with Gasteiger partial charge in [0.25, 0.3) is 5.56 Å². The SMILES string of the molecule is CC1C[C@H](n2cnc3c(=O)[nH]c(N)nc32)O[C@@H]1COP(=O)(O)OP(=O)(O)OP(=O)(O)OCc1ccc(CNC(=O)C(F)(F)F)cc1. The number of phosphoric ester groups is 2. The Morgan fingerprint density at radius 2 is 1.72 bits per heavy atom. The maximum Gasteiger partial charge on any atom is 0.490 e. The standard InChI is InChI=1S/C21H26F3N6O13P3/c1-11-6-15(30-10-27-16-17(30)28-20(25)29-18(16)31)41-14(11)9-40-45(35,36)43-46(37,38)42-44(33,34)39-8-13-4-2-12(3-5-13)7-26-19(32)21(22,23)24/h2-5,10-11,14-15H,6-9H2,1H3,(H,26,32)(H,33,34)(H,35,36)(H,37,38)(H3,25,28,29,31)/t11?,14-,15-/m1/s1. The van der Waals surface area contributed by atoms with Crippen LogP contribution in [0.3, 0.4) is 0 Å². The van der Waals surface area contributed by atoms with Gasteiger partial charge in [-0.3, -0.25) is 28.2 Å². The Labute approximate surface area is 255 Å². The van der Waals surface area contributed by atoms with Gasteiger partial charge in [0, 0.05) is 6.54 Å². The number of hydrogen-bond donors (Lipinski definition) is 6. The molecule has 19 nitrogen and oxygen atoms in total. The summed E-state index contributed by atoms with van der Waals surface area (Å²) in [6.45, 7) is -0.156. The highest BCUT2D eigenvalue weighted by atomic mass is 31.3. The molecule has 4 rings (SSSR count). The Hall–Kier alpha value is -3.00. The molecule has 0 saturated carbocycles. The van der Waals surface area contributed by atoms with E-state index in [4.69, 9.17) is 15.0 Å². The highest BCUT2D eigenvalue weighted by Gasteiger charge is 2.44. The lowest BCUT2D eigenvalue weighted by molar-refractivity contribution is -0.173. The first-order chi connectivity index (χ1) is 21.2. The van der Waals surface area contributed by atoms with E-state index in [1.165, 1.54) is 35.2 Å². The first kappa shape index (κ1) is 35.8. The fraction of sp³-hybridized carbons (Fsp3) is 0.429. The fourth-order valence-corrected chi connectivity index (χ4v) is 7.58. The van der Waals surface area contributed by atoms with E-state index in [2.05, 4.69) is 28.1 Å². The zero-order valence-electron chi connectivity index (χ0n) is 23.3. The van der Waals surface area contributed by atoms with Crippen LogP contribution in [-0.4, -0.2) is 59.0 Å². The van der Waals surface area contributed by atoms with Gasteiger partial charge in [-0.05, 0) is 23.5 Å². The summed E-state index contributed by atoms with van der Waals surface area (Å²) in [7, 11) is -16.6. The van der Waals surface area contributed by atoms with Crippen LogP contribution in [0.1, 0.15) is 30.7 Å². The van der Waals surface area contributed by atoms with Crippen molar-refractivity contribution in [2.45, 2.75) is 45.0 Å². The third-order valence-corrected chi connectivity index (χ3v) is 10.5. The molecule has 0 bridgehead atoms. The minimum Gasteiger partial charge on any atom is -0.369 e. The molecular weight excluding hydrogens is 694 g/mol. The van der Waals surface area contributed by atoms with Gasteiger partial charge in [-0.25, -0.2) is 18.7 Å². The molecular formula is C21H26F3N6O13P3. The number of H-pyrrole nitrogens is 1. The second-order valence-corrected chi connectivity index (χ2v) is 14.4. The van der Waals surface area contributed by atoms with Crippen LogP contribution in [0.2, 0.25) is 0 Å². The number of aromatic amines is 1. The van der Waals surface area contributed by atoms with Crippen molar-refractivity contribution in [2.75, 3.05) is 12.3 Å². The average molecular weight is 720 g/mol. The molecule has 4 unspecified atom stereocenters. The number of nitrogen functional groups attached to an aromatic ring is 1. The summed E-state index contributed by atoms with van der Waals surface area (Å²) in [6, 6.07) is 5.02. The number of carbonyl (C=O) groups is 1. The minimum atomic E-state index is -5.78. The van der Waals surface area contributed by atoms with Crippen molar-refractivity contribution in [2.24, 2.45) is 5.92 Å². The van der Waals surface area contributed by atoms with Crippen molar-refractivity contribution >= 4 is 46.5 Å². The molecule has 1 fully saturated rings. The largest absolute Gasteiger partial charge is 0.490 e. The monoisotopic (exact) mass is 720 g/mol. The molecule has 1 aliphatic rings. The van der Waals surface area contributed by atoms with Gasteiger partial charge in [0.05, 0.1) is 25.6 Å². The molecule has 254 valence electrons. The molecule has 1 amide bonds. The van der Waals surface area contributed by atoms with Crippen molar-refractivity contribution in [1.29, 1.82) is 0 Å². The Morgan fingerprint density at radius 3 is 2.35 bits per heavy atom. The predicted molar refractivity (Wildman–Crippen MR) is 147 cm³/mol. The van der Waals surface area contributed by atoms with Crippen LogP contribution < -0.4 is 16.6 Å². The Balaban J connectivity index is 1.27. The summed E-state index contributed by atoms with van der Waals surface area (Å²) in [4.78, 5) is 62.8. The molecule has 7 N–H and O–H groups in total. The molecule has 46 heavy (non-hydrogen) atoms. The van der Waals surface area contributed by atoms with Crippen molar-refractivity contribution in [3.05, 3.63) is 52.1 Å². The summed E-state index contributed by atoms with van der Waals surface area (Å²) in [5, 5.41) is 1.65. The van der Waals surface area contributed by atoms with Gasteiger partial charge in [-0.1, -0.05) is 31.2 Å². The number of phosphoric acid groups is 3. The predicted octanol–water partition coefficient (Wildman–Crippen LogP) is 2.37. The summed E-state index contributed by atoms with van der Waals surface area (Å²) in [5.74, 6) is -2.65. The van der Waals surface area contributed by atoms with E-state index in [0.717, 1.165) is 0 Å². The number of carbonyl (C=O) groups excluding carboxylic acids is 1. The zero-order chi connectivity index (χ0) is 34.1. The third kappa shape index (κ3) is 9.52.